The number of fused-ring (bicyclic) bond motifs is 2. The van der Waals surface area contributed by atoms with Crippen LogP contribution in [0.3, 0.4) is 0 Å². The van der Waals surface area contributed by atoms with Crippen molar-refractivity contribution in [3.05, 3.63) is 65.2 Å². The Morgan fingerprint density at radius 2 is 1.70 bits per heavy atom. The summed E-state index contributed by atoms with van der Waals surface area (Å²) < 4.78 is 40.0. The van der Waals surface area contributed by atoms with E-state index in [1.165, 1.54) is 6.26 Å². The number of nitrogens with one attached hydrogen (secondary N) is 1. The minimum absolute atomic E-state index is 0.187. The molecule has 2 aromatic heterocycles. The van der Waals surface area contributed by atoms with Gasteiger partial charge in [-0.05, 0) is 41.2 Å². The minimum atomic E-state index is -2.66. The lowest BCUT2D eigenvalue weighted by atomic mass is 10.0. The lowest BCUT2D eigenvalue weighted by Gasteiger charge is -2.19. The highest BCUT2D eigenvalue weighted by Gasteiger charge is 2.49. The molecule has 6 rings (SSSR count). The van der Waals surface area contributed by atoms with Crippen LogP contribution in [-0.2, 0) is 30.6 Å². The van der Waals surface area contributed by atoms with Gasteiger partial charge in [0.2, 0.25) is 0 Å². The van der Waals surface area contributed by atoms with E-state index in [4.69, 9.17) is 40.5 Å². The third-order valence-electron chi connectivity index (χ3n) is 8.04. The van der Waals surface area contributed by atoms with E-state index in [0.717, 1.165) is 22.7 Å². The fourth-order valence-corrected chi connectivity index (χ4v) is 7.04. The number of ether oxygens (including phenoxy) is 4. The number of benzene rings is 2. The number of carbonyl (C=O) groups is 1. The van der Waals surface area contributed by atoms with Crippen LogP contribution in [0.4, 0.5) is 0 Å². The van der Waals surface area contributed by atoms with E-state index in [0.29, 0.717) is 40.1 Å². The molecule has 2 aliphatic heterocycles. The van der Waals surface area contributed by atoms with E-state index >= 15 is 0 Å². The largest absolute Gasteiger partial charge is 0.456 e. The standard InChI is InChI=1S/C33H39ClN4O7SSi/c1-46(2,41)37-32(40)23-12-8-21(9-13-23)20-6-10-22(11-7-20)28-24(34)16-25-31(36-28)38(19-42-14-15-47(3,4)5)33(35-25)45-27-18-44-29-26(39)17-43-30(27)29/h6-13,16,26-27,29-30,39H,1,14-15,17-19H2,2-5H3,(H,37,40,41). The average molecular weight is 699 g/mol. The lowest BCUT2D eigenvalue weighted by Crippen LogP contribution is -2.35. The first-order valence-electron chi connectivity index (χ1n) is 15.3. The maximum absolute atomic E-state index is 12.3. The van der Waals surface area contributed by atoms with Crippen molar-refractivity contribution < 1.29 is 33.1 Å². The molecular weight excluding hydrogens is 660 g/mol. The molecular formula is C33H39ClN4O7SSi. The summed E-state index contributed by atoms with van der Waals surface area (Å²) >= 11 is 6.78. The van der Waals surface area contributed by atoms with E-state index in [2.05, 4.69) is 30.2 Å². The number of rotatable bonds is 11. The number of aliphatic hydroxyl groups excluding tert-OH is 1. The first-order chi connectivity index (χ1) is 22.3. The highest BCUT2D eigenvalue weighted by molar-refractivity contribution is 7.98. The molecule has 5 unspecified atom stereocenters. The summed E-state index contributed by atoms with van der Waals surface area (Å²) in [5.74, 6) is 3.03. The average Bonchev–Trinajstić information content (AvgIpc) is 3.68. The van der Waals surface area contributed by atoms with Gasteiger partial charge in [0.05, 0.1) is 23.9 Å². The van der Waals surface area contributed by atoms with Crippen molar-refractivity contribution >= 4 is 52.3 Å². The summed E-state index contributed by atoms with van der Waals surface area (Å²) in [6, 6.07) is 17.9. The summed E-state index contributed by atoms with van der Waals surface area (Å²) in [4.78, 5) is 22.0. The summed E-state index contributed by atoms with van der Waals surface area (Å²) in [7, 11) is -3.96. The van der Waals surface area contributed by atoms with Crippen LogP contribution in [0.5, 0.6) is 6.01 Å². The summed E-state index contributed by atoms with van der Waals surface area (Å²) in [6.07, 6.45) is -0.583. The SMILES string of the molecule is C=S(C)(=O)NC(=O)c1ccc(-c2ccc(-c3nc4c(cc3Cl)nc(OC3COC5C(O)COC35)n4COCC[Si](C)(C)C)cc2)cc1. The number of hydrogen-bond donors (Lipinski definition) is 2. The van der Waals surface area contributed by atoms with Gasteiger partial charge in [0.1, 0.15) is 30.6 Å². The Balaban J connectivity index is 1.26. The molecule has 2 aliphatic rings. The van der Waals surface area contributed by atoms with Crippen LogP contribution >= 0.6 is 11.6 Å². The first-order valence-corrected chi connectivity index (χ1v) is 21.6. The number of hydrogen-bond acceptors (Lipinski definition) is 9. The van der Waals surface area contributed by atoms with Crippen molar-refractivity contribution in [2.75, 3.05) is 26.1 Å². The number of pyridine rings is 1. The normalized spacial score (nSPS) is 22.3. The van der Waals surface area contributed by atoms with Gasteiger partial charge in [-0.15, -0.1) is 0 Å². The maximum atomic E-state index is 12.3. The Bertz CT molecular complexity index is 1880. The van der Waals surface area contributed by atoms with Gasteiger partial charge in [-0.3, -0.25) is 14.1 Å². The summed E-state index contributed by atoms with van der Waals surface area (Å²) in [6.45, 7) is 8.16. The van der Waals surface area contributed by atoms with Gasteiger partial charge in [-0.25, -0.2) is 9.19 Å². The number of amides is 1. The van der Waals surface area contributed by atoms with E-state index in [1.54, 1.807) is 22.8 Å². The molecule has 0 radical (unpaired) electrons. The summed E-state index contributed by atoms with van der Waals surface area (Å²) in [5, 5.41) is 10.6. The maximum Gasteiger partial charge on any atom is 0.301 e. The van der Waals surface area contributed by atoms with Crippen molar-refractivity contribution in [2.24, 2.45) is 0 Å². The first kappa shape index (κ1) is 33.6. The Labute approximate surface area is 280 Å². The molecule has 0 saturated carbocycles. The van der Waals surface area contributed by atoms with Crippen molar-refractivity contribution in [1.82, 2.24) is 19.3 Å². The molecule has 0 bridgehead atoms. The summed E-state index contributed by atoms with van der Waals surface area (Å²) in [5.41, 5.74) is 4.74. The van der Waals surface area contributed by atoms with Crippen LogP contribution < -0.4 is 9.46 Å². The second-order valence-electron chi connectivity index (χ2n) is 13.2. The Morgan fingerprint density at radius 1 is 1.06 bits per heavy atom. The number of aromatic nitrogens is 3. The second-order valence-corrected chi connectivity index (χ2v) is 21.5. The zero-order valence-corrected chi connectivity index (χ0v) is 29.3. The topological polar surface area (TPSA) is 134 Å². The van der Waals surface area contributed by atoms with Crippen LogP contribution in [0.2, 0.25) is 30.7 Å². The van der Waals surface area contributed by atoms with Crippen LogP contribution in [0.25, 0.3) is 33.5 Å². The van der Waals surface area contributed by atoms with Gasteiger partial charge in [-0.1, -0.05) is 67.6 Å². The van der Waals surface area contributed by atoms with Gasteiger partial charge >= 0.3 is 6.01 Å². The van der Waals surface area contributed by atoms with Crippen molar-refractivity contribution in [3.8, 4) is 28.4 Å². The molecule has 2 aromatic carbocycles. The number of halogens is 1. The zero-order valence-electron chi connectivity index (χ0n) is 26.8. The van der Waals surface area contributed by atoms with E-state index < -0.39 is 48.1 Å². The molecule has 47 heavy (non-hydrogen) atoms. The van der Waals surface area contributed by atoms with E-state index in [-0.39, 0.29) is 19.9 Å². The molecule has 2 saturated heterocycles. The predicted molar refractivity (Wildman–Crippen MR) is 186 cm³/mol. The van der Waals surface area contributed by atoms with Gasteiger partial charge in [0.25, 0.3) is 5.91 Å². The molecule has 1 amide bonds. The van der Waals surface area contributed by atoms with Crippen LogP contribution in [0.15, 0.2) is 54.6 Å². The number of nitrogens with zero attached hydrogens (tertiary/aromatic N) is 3. The highest BCUT2D eigenvalue weighted by Crippen LogP contribution is 2.35. The molecule has 0 aliphatic carbocycles. The van der Waals surface area contributed by atoms with Gasteiger partial charge < -0.3 is 24.1 Å². The van der Waals surface area contributed by atoms with Gasteiger partial charge in [0, 0.05) is 41.8 Å². The third-order valence-corrected chi connectivity index (χ3v) is 10.7. The van der Waals surface area contributed by atoms with Crippen LogP contribution in [0.1, 0.15) is 10.4 Å². The lowest BCUT2D eigenvalue weighted by molar-refractivity contribution is 0.00336. The van der Waals surface area contributed by atoms with Crippen LogP contribution in [-0.4, -0.2) is 94.2 Å². The molecule has 0 spiro atoms. The van der Waals surface area contributed by atoms with Gasteiger partial charge in [-0.2, -0.15) is 4.98 Å². The predicted octanol–water partition coefficient (Wildman–Crippen LogP) is 4.63. The zero-order chi connectivity index (χ0) is 33.5. The quantitative estimate of drug-likeness (QED) is 0.131. The molecule has 11 nitrogen and oxygen atoms in total. The van der Waals surface area contributed by atoms with Crippen molar-refractivity contribution in [2.45, 2.75) is 56.8 Å². The number of carbonyl (C=O) groups excluding carboxylic acids is 1. The van der Waals surface area contributed by atoms with Crippen molar-refractivity contribution in [3.63, 3.8) is 0 Å². The third kappa shape index (κ3) is 7.72. The highest BCUT2D eigenvalue weighted by atomic mass is 35.5. The molecule has 5 atom stereocenters. The molecule has 4 heterocycles. The fourth-order valence-electron chi connectivity index (χ4n) is 5.52. The number of imidazole rings is 1. The molecule has 4 aromatic rings. The smallest absolute Gasteiger partial charge is 0.301 e. The van der Waals surface area contributed by atoms with Crippen molar-refractivity contribution in [1.29, 1.82) is 0 Å². The van der Waals surface area contributed by atoms with Crippen LogP contribution in [0, 0.1) is 0 Å². The molecule has 250 valence electrons. The van der Waals surface area contributed by atoms with E-state index in [9.17, 15) is 14.1 Å². The Kier molecular flexibility index (Phi) is 9.51. The Hall–Kier alpha value is -3.30. The van der Waals surface area contributed by atoms with E-state index in [1.807, 2.05) is 36.4 Å². The minimum Gasteiger partial charge on any atom is -0.456 e. The molecule has 2 N–H and O–H groups in total. The fraction of sp³-hybridized carbons (Fsp3) is 0.394. The second kappa shape index (κ2) is 13.3. The molecule has 14 heteroatoms. The monoisotopic (exact) mass is 698 g/mol. The van der Waals surface area contributed by atoms with Gasteiger partial charge in [0.15, 0.2) is 11.8 Å². The Morgan fingerprint density at radius 3 is 2.36 bits per heavy atom. The number of aliphatic hydroxyl groups is 1. The molecule has 2 fully saturated rings.